The molecule has 0 saturated heterocycles. The zero-order valence-corrected chi connectivity index (χ0v) is 15.6. The Morgan fingerprint density at radius 1 is 1.21 bits per heavy atom. The second kappa shape index (κ2) is 8.34. The molecule has 0 atom stereocenters. The zero-order valence-electron chi connectivity index (χ0n) is 15.6. The van der Waals surface area contributed by atoms with E-state index in [1.165, 1.54) is 12.1 Å². The molecule has 0 bridgehead atoms. The van der Waals surface area contributed by atoms with E-state index in [-0.39, 0.29) is 18.0 Å². The van der Waals surface area contributed by atoms with Gasteiger partial charge in [0.05, 0.1) is 23.4 Å². The van der Waals surface area contributed by atoms with Gasteiger partial charge in [-0.15, -0.1) is 0 Å². The van der Waals surface area contributed by atoms with Crippen LogP contribution in [0.1, 0.15) is 17.7 Å². The lowest BCUT2D eigenvalue weighted by Crippen LogP contribution is -2.15. The van der Waals surface area contributed by atoms with Crippen molar-refractivity contribution in [3.8, 4) is 11.4 Å². The summed E-state index contributed by atoms with van der Waals surface area (Å²) in [6, 6.07) is 15.3. The van der Waals surface area contributed by atoms with Crippen molar-refractivity contribution in [2.45, 2.75) is 19.8 Å². The maximum Gasteiger partial charge on any atom is 0.269 e. The molecule has 28 heavy (non-hydrogen) atoms. The molecule has 1 N–H and O–H groups in total. The van der Waals surface area contributed by atoms with E-state index in [0.29, 0.717) is 17.9 Å². The lowest BCUT2D eigenvalue weighted by Gasteiger charge is -2.10. The molecule has 0 saturated carbocycles. The molecule has 0 spiro atoms. The van der Waals surface area contributed by atoms with Crippen LogP contribution in [0.5, 0.6) is 5.75 Å². The molecular formula is C20H20N4O4. The summed E-state index contributed by atoms with van der Waals surface area (Å²) in [5.41, 5.74) is 2.30. The Labute approximate surface area is 161 Å². The third kappa shape index (κ3) is 4.35. The number of aromatic nitrogens is 2. The predicted molar refractivity (Wildman–Crippen MR) is 105 cm³/mol. The summed E-state index contributed by atoms with van der Waals surface area (Å²) < 4.78 is 6.86. The van der Waals surface area contributed by atoms with Crippen LogP contribution in [0.2, 0.25) is 0 Å². The van der Waals surface area contributed by atoms with E-state index in [1.54, 1.807) is 30.0 Å². The Balaban J connectivity index is 1.72. The smallest absolute Gasteiger partial charge is 0.269 e. The summed E-state index contributed by atoms with van der Waals surface area (Å²) in [5, 5.41) is 18.0. The third-order valence-corrected chi connectivity index (χ3v) is 4.22. The molecule has 0 aliphatic heterocycles. The maximum absolute atomic E-state index is 12.4. The van der Waals surface area contributed by atoms with Crippen molar-refractivity contribution in [1.29, 1.82) is 0 Å². The van der Waals surface area contributed by atoms with Crippen LogP contribution in [0, 0.1) is 17.0 Å². The van der Waals surface area contributed by atoms with E-state index in [4.69, 9.17) is 4.74 Å². The first-order valence-electron chi connectivity index (χ1n) is 8.71. The number of nitrogens with one attached hydrogen (secondary N) is 1. The zero-order chi connectivity index (χ0) is 20.1. The molecule has 8 heteroatoms. The van der Waals surface area contributed by atoms with Crippen LogP contribution < -0.4 is 10.1 Å². The number of non-ortho nitro benzene ring substituents is 1. The minimum Gasteiger partial charge on any atom is -0.496 e. The number of nitro benzene ring substituents is 1. The summed E-state index contributed by atoms with van der Waals surface area (Å²) in [6.45, 7) is 1.81. The average molecular weight is 380 g/mol. The van der Waals surface area contributed by atoms with Crippen LogP contribution in [0.25, 0.3) is 5.69 Å². The summed E-state index contributed by atoms with van der Waals surface area (Å²) in [4.78, 5) is 22.8. The van der Waals surface area contributed by atoms with Gasteiger partial charge in [-0.3, -0.25) is 14.9 Å². The highest BCUT2D eigenvalue weighted by Gasteiger charge is 2.13. The molecule has 3 rings (SSSR count). The van der Waals surface area contributed by atoms with Crippen molar-refractivity contribution < 1.29 is 14.5 Å². The number of aryl methyl sites for hydroxylation is 2. The number of benzene rings is 2. The lowest BCUT2D eigenvalue weighted by molar-refractivity contribution is -0.384. The molecule has 3 aromatic rings. The van der Waals surface area contributed by atoms with Crippen LogP contribution in [-0.4, -0.2) is 27.7 Å². The highest BCUT2D eigenvalue weighted by atomic mass is 16.6. The topological polar surface area (TPSA) is 99.3 Å². The van der Waals surface area contributed by atoms with Crippen molar-refractivity contribution in [3.63, 3.8) is 0 Å². The molecule has 2 aromatic carbocycles. The van der Waals surface area contributed by atoms with Crippen LogP contribution in [-0.2, 0) is 11.2 Å². The fourth-order valence-corrected chi connectivity index (χ4v) is 2.86. The van der Waals surface area contributed by atoms with Gasteiger partial charge in [-0.2, -0.15) is 5.10 Å². The number of hydrogen-bond acceptors (Lipinski definition) is 5. The summed E-state index contributed by atoms with van der Waals surface area (Å²) in [7, 11) is 1.60. The van der Waals surface area contributed by atoms with Gasteiger partial charge in [0.15, 0.2) is 0 Å². The first-order chi connectivity index (χ1) is 13.5. The Bertz CT molecular complexity index is 996. The number of ether oxygens (including phenoxy) is 1. The van der Waals surface area contributed by atoms with Crippen molar-refractivity contribution in [1.82, 2.24) is 9.78 Å². The Hall–Kier alpha value is -3.68. The largest absolute Gasteiger partial charge is 0.496 e. The SMILES string of the molecule is COc1ccccc1CCC(=O)Nc1cc(C)nn1-c1ccc([N+](=O)[O-])cc1. The number of methoxy groups -OCH3 is 1. The maximum atomic E-state index is 12.4. The Morgan fingerprint density at radius 2 is 1.93 bits per heavy atom. The van der Waals surface area contributed by atoms with Crippen molar-refractivity contribution in [2.75, 3.05) is 12.4 Å². The van der Waals surface area contributed by atoms with Crippen LogP contribution in [0.4, 0.5) is 11.5 Å². The van der Waals surface area contributed by atoms with Gasteiger partial charge in [-0.25, -0.2) is 4.68 Å². The molecule has 0 fully saturated rings. The normalized spacial score (nSPS) is 10.5. The number of carbonyl (C=O) groups excluding carboxylic acids is 1. The first kappa shape index (κ1) is 19.1. The summed E-state index contributed by atoms with van der Waals surface area (Å²) in [5.74, 6) is 1.10. The van der Waals surface area contributed by atoms with E-state index < -0.39 is 4.92 Å². The fourth-order valence-electron chi connectivity index (χ4n) is 2.86. The average Bonchev–Trinajstić information content (AvgIpc) is 3.06. The molecule has 144 valence electrons. The number of anilines is 1. The predicted octanol–water partition coefficient (Wildman–Crippen LogP) is 3.67. The Morgan fingerprint density at radius 3 is 2.61 bits per heavy atom. The molecule has 8 nitrogen and oxygen atoms in total. The van der Waals surface area contributed by atoms with E-state index in [1.807, 2.05) is 31.2 Å². The highest BCUT2D eigenvalue weighted by Crippen LogP contribution is 2.22. The number of para-hydroxylation sites is 1. The van der Waals surface area contributed by atoms with Gasteiger partial charge in [0.1, 0.15) is 11.6 Å². The van der Waals surface area contributed by atoms with Gasteiger partial charge >= 0.3 is 0 Å². The molecule has 0 aliphatic carbocycles. The molecule has 1 aromatic heterocycles. The number of rotatable bonds is 7. The van der Waals surface area contributed by atoms with Gasteiger partial charge in [0.25, 0.3) is 5.69 Å². The van der Waals surface area contributed by atoms with Crippen molar-refractivity contribution >= 4 is 17.4 Å². The Kier molecular flexibility index (Phi) is 5.69. The number of amides is 1. The molecule has 0 aliphatic rings. The highest BCUT2D eigenvalue weighted by molar-refractivity contribution is 5.90. The molecule has 1 heterocycles. The molecule has 0 radical (unpaired) electrons. The minimum atomic E-state index is -0.460. The van der Waals surface area contributed by atoms with E-state index in [0.717, 1.165) is 17.0 Å². The second-order valence-corrected chi connectivity index (χ2v) is 6.22. The van der Waals surface area contributed by atoms with Crippen molar-refractivity contribution in [3.05, 3.63) is 76.0 Å². The number of nitro groups is 1. The second-order valence-electron chi connectivity index (χ2n) is 6.22. The summed E-state index contributed by atoms with van der Waals surface area (Å²) >= 11 is 0. The van der Waals surface area contributed by atoms with Crippen LogP contribution in [0.15, 0.2) is 54.6 Å². The van der Waals surface area contributed by atoms with E-state index in [9.17, 15) is 14.9 Å². The standard InChI is InChI=1S/C20H20N4O4/c1-14-13-19(23(22-14)16-8-10-17(11-9-16)24(26)27)21-20(25)12-7-15-5-3-4-6-18(15)28-2/h3-6,8-11,13H,7,12H2,1-2H3,(H,21,25). The number of nitrogens with zero attached hydrogens (tertiary/aromatic N) is 3. The third-order valence-electron chi connectivity index (χ3n) is 4.22. The molecule has 1 amide bonds. The van der Waals surface area contributed by atoms with Gasteiger partial charge in [0.2, 0.25) is 5.91 Å². The first-order valence-corrected chi connectivity index (χ1v) is 8.71. The fraction of sp³-hybridized carbons (Fsp3) is 0.200. The van der Waals surface area contributed by atoms with Gasteiger partial charge in [-0.1, -0.05) is 18.2 Å². The van der Waals surface area contributed by atoms with Crippen LogP contribution in [0.3, 0.4) is 0 Å². The number of hydrogen-bond donors (Lipinski definition) is 1. The van der Waals surface area contributed by atoms with Crippen molar-refractivity contribution in [2.24, 2.45) is 0 Å². The monoisotopic (exact) mass is 380 g/mol. The minimum absolute atomic E-state index is 0.00461. The van der Waals surface area contributed by atoms with Crippen LogP contribution >= 0.6 is 0 Å². The summed E-state index contributed by atoms with van der Waals surface area (Å²) in [6.07, 6.45) is 0.825. The molecule has 0 unspecified atom stereocenters. The number of carbonyl (C=O) groups is 1. The van der Waals surface area contributed by atoms with E-state index in [2.05, 4.69) is 10.4 Å². The lowest BCUT2D eigenvalue weighted by atomic mass is 10.1. The quantitative estimate of drug-likeness (QED) is 0.498. The van der Waals surface area contributed by atoms with Gasteiger partial charge < -0.3 is 10.1 Å². The van der Waals surface area contributed by atoms with Gasteiger partial charge in [-0.05, 0) is 37.1 Å². The molecular weight excluding hydrogens is 360 g/mol. The van der Waals surface area contributed by atoms with E-state index >= 15 is 0 Å². The van der Waals surface area contributed by atoms with Gasteiger partial charge in [0, 0.05) is 24.6 Å².